The monoisotopic (exact) mass is 504 g/mol. The number of hydrogen-bond donors (Lipinski definition) is 0. The molecular formula is C39H36. The largest absolute Gasteiger partial charge is 0.0763 e. The lowest BCUT2D eigenvalue weighted by Gasteiger charge is -2.21. The van der Waals surface area contributed by atoms with Gasteiger partial charge in [0.05, 0.1) is 0 Å². The average Bonchev–Trinajstić information content (AvgIpc) is 2.96. The fourth-order valence-corrected chi connectivity index (χ4v) is 6.29. The molecule has 0 saturated heterocycles. The first-order chi connectivity index (χ1) is 19.1. The van der Waals surface area contributed by atoms with Gasteiger partial charge in [-0.1, -0.05) is 128 Å². The standard InChI is InChI=1S/C37H30.C2H6/c1-23-7-4-10-27(19-23)30-15-13-26-14-16-32-34(28-11-5-8-24(2)20-28)22-35(29-12-6-9-25(3)21-29)33-18-17-31(30)36(26)37(32)33;1-2/h4,6-7,9-22H,5,8H2,1-3H3;1-2H3. The predicted molar refractivity (Wildman–Crippen MR) is 173 cm³/mol. The van der Waals surface area contributed by atoms with Crippen molar-refractivity contribution in [2.24, 2.45) is 0 Å². The summed E-state index contributed by atoms with van der Waals surface area (Å²) in [5, 5.41) is 8.08. The van der Waals surface area contributed by atoms with Crippen molar-refractivity contribution in [3.63, 3.8) is 0 Å². The number of rotatable bonds is 3. The minimum atomic E-state index is 1.11. The van der Waals surface area contributed by atoms with E-state index >= 15 is 0 Å². The molecule has 0 heteroatoms. The van der Waals surface area contributed by atoms with Crippen molar-refractivity contribution in [3.05, 3.63) is 125 Å². The quantitative estimate of drug-likeness (QED) is 0.210. The summed E-state index contributed by atoms with van der Waals surface area (Å²) in [7, 11) is 0. The van der Waals surface area contributed by atoms with Crippen molar-refractivity contribution in [2.45, 2.75) is 47.5 Å². The second-order valence-electron chi connectivity index (χ2n) is 10.8. The molecule has 6 aromatic rings. The van der Waals surface area contributed by atoms with Crippen molar-refractivity contribution in [1.82, 2.24) is 0 Å². The average molecular weight is 505 g/mol. The Morgan fingerprint density at radius 3 is 1.79 bits per heavy atom. The SMILES string of the molecule is CC.CC1=CC(c2cc(-c3cccc(C)c3)c3ccc4c(-c5cccc(C)c5)ccc5ccc2c3c54)=CCC1. The first-order valence-corrected chi connectivity index (χ1v) is 14.3. The summed E-state index contributed by atoms with van der Waals surface area (Å²) in [6.07, 6.45) is 7.09. The van der Waals surface area contributed by atoms with Crippen molar-refractivity contribution in [3.8, 4) is 22.3 Å². The first-order valence-electron chi connectivity index (χ1n) is 14.3. The Morgan fingerprint density at radius 2 is 1.13 bits per heavy atom. The Kier molecular flexibility index (Phi) is 6.57. The molecule has 0 fully saturated rings. The third kappa shape index (κ3) is 4.35. The number of aryl methyl sites for hydroxylation is 2. The molecule has 0 atom stereocenters. The van der Waals surface area contributed by atoms with E-state index in [0.29, 0.717) is 0 Å². The molecule has 39 heavy (non-hydrogen) atoms. The summed E-state index contributed by atoms with van der Waals surface area (Å²) in [5.41, 5.74) is 11.9. The first kappa shape index (κ1) is 25.1. The molecule has 192 valence electrons. The van der Waals surface area contributed by atoms with Crippen LogP contribution >= 0.6 is 0 Å². The van der Waals surface area contributed by atoms with E-state index in [2.05, 4.69) is 124 Å². The van der Waals surface area contributed by atoms with Crippen molar-refractivity contribution in [1.29, 1.82) is 0 Å². The molecule has 0 spiro atoms. The van der Waals surface area contributed by atoms with Gasteiger partial charge in [-0.3, -0.25) is 0 Å². The summed E-state index contributed by atoms with van der Waals surface area (Å²) in [4.78, 5) is 0. The van der Waals surface area contributed by atoms with E-state index in [-0.39, 0.29) is 0 Å². The van der Waals surface area contributed by atoms with Gasteiger partial charge < -0.3 is 0 Å². The molecule has 1 aliphatic carbocycles. The Bertz CT molecular complexity index is 1890. The molecule has 0 N–H and O–H groups in total. The van der Waals surface area contributed by atoms with Crippen LogP contribution in [0.2, 0.25) is 0 Å². The molecule has 6 aromatic carbocycles. The Labute approximate surface area is 232 Å². The van der Waals surface area contributed by atoms with Crippen LogP contribution in [0.25, 0.3) is 60.1 Å². The lowest BCUT2D eigenvalue weighted by atomic mass is 9.82. The fourth-order valence-electron chi connectivity index (χ4n) is 6.29. The third-order valence-electron chi connectivity index (χ3n) is 8.06. The molecule has 1 aliphatic rings. The van der Waals surface area contributed by atoms with Crippen LogP contribution < -0.4 is 0 Å². The molecule has 0 bridgehead atoms. The van der Waals surface area contributed by atoms with Gasteiger partial charge in [-0.25, -0.2) is 0 Å². The second kappa shape index (κ2) is 10.2. The predicted octanol–water partition coefficient (Wildman–Crippen LogP) is 11.7. The highest BCUT2D eigenvalue weighted by Gasteiger charge is 2.19. The third-order valence-corrected chi connectivity index (χ3v) is 8.06. The van der Waals surface area contributed by atoms with Gasteiger partial charge in [0, 0.05) is 0 Å². The van der Waals surface area contributed by atoms with E-state index in [9.17, 15) is 0 Å². The van der Waals surface area contributed by atoms with Gasteiger partial charge in [0.15, 0.2) is 0 Å². The number of hydrogen-bond acceptors (Lipinski definition) is 0. The van der Waals surface area contributed by atoms with E-state index < -0.39 is 0 Å². The van der Waals surface area contributed by atoms with Crippen molar-refractivity contribution < 1.29 is 0 Å². The highest BCUT2D eigenvalue weighted by atomic mass is 14.2. The van der Waals surface area contributed by atoms with Crippen LogP contribution in [0, 0.1) is 13.8 Å². The molecule has 0 amide bonds. The van der Waals surface area contributed by atoms with E-state index in [1.165, 1.54) is 82.4 Å². The summed E-state index contributed by atoms with van der Waals surface area (Å²) in [5.74, 6) is 0. The lowest BCUT2D eigenvalue weighted by molar-refractivity contribution is 0.966. The minimum Gasteiger partial charge on any atom is -0.0763 e. The molecular weight excluding hydrogens is 468 g/mol. The normalized spacial score (nSPS) is 13.4. The van der Waals surface area contributed by atoms with Crippen LogP contribution in [0.5, 0.6) is 0 Å². The zero-order valence-electron chi connectivity index (χ0n) is 23.7. The van der Waals surface area contributed by atoms with Crippen LogP contribution in [-0.4, -0.2) is 0 Å². The zero-order valence-corrected chi connectivity index (χ0v) is 23.7. The minimum absolute atomic E-state index is 1.11. The van der Waals surface area contributed by atoms with Crippen molar-refractivity contribution in [2.75, 3.05) is 0 Å². The molecule has 0 nitrogen and oxygen atoms in total. The van der Waals surface area contributed by atoms with Crippen LogP contribution in [0.4, 0.5) is 0 Å². The smallest absolute Gasteiger partial charge is 0.00141 e. The molecule has 0 unspecified atom stereocenters. The Morgan fingerprint density at radius 1 is 0.538 bits per heavy atom. The topological polar surface area (TPSA) is 0 Å². The molecule has 0 heterocycles. The Balaban J connectivity index is 0.00000135. The molecule has 0 radical (unpaired) electrons. The van der Waals surface area contributed by atoms with Gasteiger partial charge in [0.25, 0.3) is 0 Å². The highest BCUT2D eigenvalue weighted by Crippen LogP contribution is 2.45. The highest BCUT2D eigenvalue weighted by molar-refractivity contribution is 6.29. The fraction of sp³-hybridized carbons (Fsp3) is 0.179. The number of allylic oxidation sites excluding steroid dienone is 4. The summed E-state index contributed by atoms with van der Waals surface area (Å²) in [6, 6.07) is 34.3. The maximum absolute atomic E-state index is 2.44. The van der Waals surface area contributed by atoms with Crippen LogP contribution in [0.15, 0.2) is 109 Å². The van der Waals surface area contributed by atoms with Gasteiger partial charge >= 0.3 is 0 Å². The van der Waals surface area contributed by atoms with Gasteiger partial charge in [-0.2, -0.15) is 0 Å². The van der Waals surface area contributed by atoms with Crippen LogP contribution in [0.1, 0.15) is 50.3 Å². The lowest BCUT2D eigenvalue weighted by Crippen LogP contribution is -1.96. The van der Waals surface area contributed by atoms with Gasteiger partial charge in [-0.05, 0) is 105 Å². The van der Waals surface area contributed by atoms with E-state index in [1.54, 1.807) is 0 Å². The van der Waals surface area contributed by atoms with Crippen molar-refractivity contribution >= 4 is 37.9 Å². The maximum Gasteiger partial charge on any atom is -0.00141 e. The second-order valence-corrected chi connectivity index (χ2v) is 10.8. The van der Waals surface area contributed by atoms with E-state index in [4.69, 9.17) is 0 Å². The molecule has 7 rings (SSSR count). The zero-order chi connectivity index (χ0) is 27.1. The van der Waals surface area contributed by atoms with Gasteiger partial charge in [-0.15, -0.1) is 0 Å². The Hall–Kier alpha value is -4.16. The number of benzene rings is 6. The van der Waals surface area contributed by atoms with E-state index in [0.717, 1.165) is 12.8 Å². The van der Waals surface area contributed by atoms with E-state index in [1.807, 2.05) is 13.8 Å². The molecule has 0 aliphatic heterocycles. The van der Waals surface area contributed by atoms with Gasteiger partial charge in [0.1, 0.15) is 0 Å². The summed E-state index contributed by atoms with van der Waals surface area (Å²) < 4.78 is 0. The molecule has 0 aromatic heterocycles. The summed E-state index contributed by atoms with van der Waals surface area (Å²) in [6.45, 7) is 10.6. The van der Waals surface area contributed by atoms with Gasteiger partial charge in [0.2, 0.25) is 0 Å². The van der Waals surface area contributed by atoms with Crippen LogP contribution in [0.3, 0.4) is 0 Å². The summed E-state index contributed by atoms with van der Waals surface area (Å²) >= 11 is 0. The maximum atomic E-state index is 2.44. The van der Waals surface area contributed by atoms with Crippen LogP contribution in [-0.2, 0) is 0 Å². The molecule has 0 saturated carbocycles.